The second-order valence-electron chi connectivity index (χ2n) is 4.77. The van der Waals surface area contributed by atoms with Gasteiger partial charge in [0.05, 0.1) is 0 Å². The SMILES string of the molecule is Fc1cccc(NC2CC(c3ccccc3)C2)n1. The lowest BCUT2D eigenvalue weighted by molar-refractivity contribution is 0.373. The minimum atomic E-state index is -0.432. The fourth-order valence-electron chi connectivity index (χ4n) is 2.43. The van der Waals surface area contributed by atoms with Gasteiger partial charge < -0.3 is 5.32 Å². The number of aromatic nitrogens is 1. The summed E-state index contributed by atoms with van der Waals surface area (Å²) >= 11 is 0. The first-order valence-electron chi connectivity index (χ1n) is 6.25. The van der Waals surface area contributed by atoms with E-state index < -0.39 is 5.95 Å². The molecule has 1 aromatic heterocycles. The van der Waals surface area contributed by atoms with Crippen LogP contribution in [0.3, 0.4) is 0 Å². The Morgan fingerprint density at radius 2 is 1.78 bits per heavy atom. The van der Waals surface area contributed by atoms with Crippen molar-refractivity contribution in [3.05, 3.63) is 60.0 Å². The molecule has 1 fully saturated rings. The van der Waals surface area contributed by atoms with E-state index in [-0.39, 0.29) is 0 Å². The van der Waals surface area contributed by atoms with Crippen LogP contribution in [-0.4, -0.2) is 11.0 Å². The van der Waals surface area contributed by atoms with Gasteiger partial charge in [0.1, 0.15) is 5.82 Å². The molecule has 1 aromatic carbocycles. The lowest BCUT2D eigenvalue weighted by Crippen LogP contribution is -2.34. The smallest absolute Gasteiger partial charge is 0.214 e. The van der Waals surface area contributed by atoms with Crippen molar-refractivity contribution in [1.29, 1.82) is 0 Å². The summed E-state index contributed by atoms with van der Waals surface area (Å²) in [6, 6.07) is 15.8. The minimum absolute atomic E-state index is 0.407. The van der Waals surface area contributed by atoms with Gasteiger partial charge in [-0.15, -0.1) is 0 Å². The van der Waals surface area contributed by atoms with Gasteiger partial charge in [0, 0.05) is 6.04 Å². The molecule has 0 amide bonds. The normalized spacial score (nSPS) is 22.3. The van der Waals surface area contributed by atoms with Crippen LogP contribution in [-0.2, 0) is 0 Å². The summed E-state index contributed by atoms with van der Waals surface area (Å²) in [5.74, 6) is 0.822. The van der Waals surface area contributed by atoms with Crippen LogP contribution in [0.1, 0.15) is 24.3 Å². The highest BCUT2D eigenvalue weighted by Crippen LogP contribution is 2.38. The molecule has 1 aliphatic carbocycles. The zero-order chi connectivity index (χ0) is 12.4. The van der Waals surface area contributed by atoms with E-state index in [9.17, 15) is 4.39 Å². The Morgan fingerprint density at radius 1 is 1.00 bits per heavy atom. The van der Waals surface area contributed by atoms with Crippen molar-refractivity contribution in [2.75, 3.05) is 5.32 Å². The predicted octanol–water partition coefficient (Wildman–Crippen LogP) is 3.58. The van der Waals surface area contributed by atoms with E-state index in [1.165, 1.54) is 11.6 Å². The summed E-state index contributed by atoms with van der Waals surface area (Å²) < 4.78 is 12.9. The number of pyridine rings is 1. The molecule has 1 heterocycles. The molecule has 3 rings (SSSR count). The van der Waals surface area contributed by atoms with Gasteiger partial charge in [-0.1, -0.05) is 36.4 Å². The molecule has 18 heavy (non-hydrogen) atoms. The van der Waals surface area contributed by atoms with Gasteiger partial charge in [-0.25, -0.2) is 4.98 Å². The summed E-state index contributed by atoms with van der Waals surface area (Å²) in [6.45, 7) is 0. The molecule has 0 spiro atoms. The molecule has 1 aliphatic rings. The van der Waals surface area contributed by atoms with Crippen LogP contribution < -0.4 is 5.32 Å². The number of hydrogen-bond acceptors (Lipinski definition) is 2. The van der Waals surface area contributed by atoms with Crippen molar-refractivity contribution in [3.63, 3.8) is 0 Å². The van der Waals surface area contributed by atoms with Crippen molar-refractivity contribution >= 4 is 5.82 Å². The molecule has 0 saturated heterocycles. The first-order chi connectivity index (χ1) is 8.81. The number of nitrogens with zero attached hydrogens (tertiary/aromatic N) is 1. The lowest BCUT2D eigenvalue weighted by Gasteiger charge is -2.36. The largest absolute Gasteiger partial charge is 0.367 e. The highest BCUT2D eigenvalue weighted by molar-refractivity contribution is 5.37. The molecular formula is C15H15FN2. The van der Waals surface area contributed by atoms with E-state index in [1.807, 2.05) is 6.07 Å². The van der Waals surface area contributed by atoms with Gasteiger partial charge >= 0.3 is 0 Å². The molecule has 1 N–H and O–H groups in total. The van der Waals surface area contributed by atoms with E-state index in [4.69, 9.17) is 0 Å². The predicted molar refractivity (Wildman–Crippen MR) is 70.0 cm³/mol. The Labute approximate surface area is 106 Å². The molecule has 0 bridgehead atoms. The third-order valence-corrected chi connectivity index (χ3v) is 3.48. The summed E-state index contributed by atoms with van der Waals surface area (Å²) in [6.07, 6.45) is 2.17. The number of halogens is 1. The van der Waals surface area contributed by atoms with Crippen LogP contribution in [0.5, 0.6) is 0 Å². The molecular weight excluding hydrogens is 227 g/mol. The fourth-order valence-corrected chi connectivity index (χ4v) is 2.43. The molecule has 0 aliphatic heterocycles. The molecule has 92 valence electrons. The van der Waals surface area contributed by atoms with Crippen molar-refractivity contribution in [2.45, 2.75) is 24.8 Å². The number of hydrogen-bond donors (Lipinski definition) is 1. The standard InChI is InChI=1S/C15H15FN2/c16-14-7-4-8-15(18-14)17-13-9-12(10-13)11-5-2-1-3-6-11/h1-8,12-13H,9-10H2,(H,17,18). The van der Waals surface area contributed by atoms with Gasteiger partial charge in [0.2, 0.25) is 5.95 Å². The van der Waals surface area contributed by atoms with Gasteiger partial charge in [0.15, 0.2) is 0 Å². The number of nitrogens with one attached hydrogen (secondary N) is 1. The summed E-state index contributed by atoms with van der Waals surface area (Å²) in [5.41, 5.74) is 1.39. The van der Waals surface area contributed by atoms with Gasteiger partial charge in [0.25, 0.3) is 0 Å². The second kappa shape index (κ2) is 4.77. The molecule has 3 heteroatoms. The van der Waals surface area contributed by atoms with E-state index in [0.29, 0.717) is 17.8 Å². The van der Waals surface area contributed by atoms with Crippen LogP contribution >= 0.6 is 0 Å². The topological polar surface area (TPSA) is 24.9 Å². The number of rotatable bonds is 3. The second-order valence-corrected chi connectivity index (χ2v) is 4.77. The van der Waals surface area contributed by atoms with Crippen LogP contribution in [0.15, 0.2) is 48.5 Å². The molecule has 0 unspecified atom stereocenters. The molecule has 2 nitrogen and oxygen atoms in total. The Kier molecular flexibility index (Phi) is 2.97. The summed E-state index contributed by atoms with van der Waals surface area (Å²) in [7, 11) is 0. The van der Waals surface area contributed by atoms with E-state index >= 15 is 0 Å². The van der Waals surface area contributed by atoms with Crippen molar-refractivity contribution in [2.24, 2.45) is 0 Å². The van der Waals surface area contributed by atoms with Crippen molar-refractivity contribution in [1.82, 2.24) is 4.98 Å². The average molecular weight is 242 g/mol. The zero-order valence-electron chi connectivity index (χ0n) is 10.0. The Balaban J connectivity index is 1.57. The summed E-state index contributed by atoms with van der Waals surface area (Å²) in [4.78, 5) is 3.82. The first-order valence-corrected chi connectivity index (χ1v) is 6.25. The highest BCUT2D eigenvalue weighted by atomic mass is 19.1. The third kappa shape index (κ3) is 2.35. The average Bonchev–Trinajstić information content (AvgIpc) is 2.34. The maximum atomic E-state index is 12.9. The Hall–Kier alpha value is -1.90. The third-order valence-electron chi connectivity index (χ3n) is 3.48. The van der Waals surface area contributed by atoms with E-state index in [1.54, 1.807) is 12.1 Å². The maximum Gasteiger partial charge on any atom is 0.214 e. The zero-order valence-corrected chi connectivity index (χ0v) is 10.0. The summed E-state index contributed by atoms with van der Waals surface area (Å²) in [5, 5.41) is 3.27. The van der Waals surface area contributed by atoms with E-state index in [0.717, 1.165) is 12.8 Å². The fraction of sp³-hybridized carbons (Fsp3) is 0.267. The Bertz CT molecular complexity index is 521. The highest BCUT2D eigenvalue weighted by Gasteiger charge is 2.30. The number of benzene rings is 1. The molecule has 2 aromatic rings. The molecule has 0 atom stereocenters. The van der Waals surface area contributed by atoms with Crippen molar-refractivity contribution in [3.8, 4) is 0 Å². The lowest BCUT2D eigenvalue weighted by atomic mass is 9.76. The first kappa shape index (κ1) is 11.2. The Morgan fingerprint density at radius 3 is 2.50 bits per heavy atom. The van der Waals surface area contributed by atoms with Gasteiger partial charge in [-0.2, -0.15) is 4.39 Å². The molecule has 1 saturated carbocycles. The van der Waals surface area contributed by atoms with Crippen LogP contribution in [0.4, 0.5) is 10.2 Å². The van der Waals surface area contributed by atoms with E-state index in [2.05, 4.69) is 34.6 Å². The van der Waals surface area contributed by atoms with Gasteiger partial charge in [-0.3, -0.25) is 0 Å². The quantitative estimate of drug-likeness (QED) is 0.832. The number of anilines is 1. The molecule has 0 radical (unpaired) electrons. The minimum Gasteiger partial charge on any atom is -0.367 e. The van der Waals surface area contributed by atoms with Crippen LogP contribution in [0.2, 0.25) is 0 Å². The van der Waals surface area contributed by atoms with Crippen molar-refractivity contribution < 1.29 is 4.39 Å². The van der Waals surface area contributed by atoms with Crippen LogP contribution in [0, 0.1) is 5.95 Å². The monoisotopic (exact) mass is 242 g/mol. The van der Waals surface area contributed by atoms with Gasteiger partial charge in [-0.05, 0) is 36.5 Å². The maximum absolute atomic E-state index is 12.9. The van der Waals surface area contributed by atoms with Crippen LogP contribution in [0.25, 0.3) is 0 Å².